The Morgan fingerprint density at radius 2 is 1.95 bits per heavy atom. The Balaban J connectivity index is 1.90. The normalized spacial score (nSPS) is 12.6. The molecule has 0 saturated heterocycles. The molecule has 0 radical (unpaired) electrons. The molecule has 1 unspecified atom stereocenters. The highest BCUT2D eigenvalue weighted by atomic mass is 19.1. The van der Waals surface area contributed by atoms with Gasteiger partial charge >= 0.3 is 0 Å². The van der Waals surface area contributed by atoms with Crippen molar-refractivity contribution in [3.05, 3.63) is 59.5 Å². The van der Waals surface area contributed by atoms with Crippen molar-refractivity contribution in [2.45, 2.75) is 19.9 Å². The van der Waals surface area contributed by atoms with Crippen LogP contribution in [0.3, 0.4) is 0 Å². The van der Waals surface area contributed by atoms with E-state index < -0.39 is 0 Å². The van der Waals surface area contributed by atoms with Gasteiger partial charge in [-0.2, -0.15) is 4.98 Å². The number of aryl methyl sites for hydroxylation is 1. The van der Waals surface area contributed by atoms with E-state index in [0.29, 0.717) is 11.5 Å². The number of pyridine rings is 1. The van der Waals surface area contributed by atoms with Crippen molar-refractivity contribution in [1.29, 1.82) is 0 Å². The lowest BCUT2D eigenvalue weighted by Crippen LogP contribution is -2.09. The summed E-state index contributed by atoms with van der Waals surface area (Å²) in [6.07, 6.45) is 0. The van der Waals surface area contributed by atoms with Crippen LogP contribution in [0.2, 0.25) is 0 Å². The largest absolute Gasteiger partial charge is 0.346 e. The Morgan fingerprint density at radius 3 is 2.70 bits per heavy atom. The van der Waals surface area contributed by atoms with Crippen molar-refractivity contribution in [3.63, 3.8) is 0 Å². The van der Waals surface area contributed by atoms with Crippen LogP contribution in [0, 0.1) is 12.7 Å². The van der Waals surface area contributed by atoms with Crippen molar-refractivity contribution in [2.24, 2.45) is 0 Å². The third-order valence-corrected chi connectivity index (χ3v) is 3.27. The lowest BCUT2D eigenvalue weighted by Gasteiger charge is -2.13. The summed E-state index contributed by atoms with van der Waals surface area (Å²) in [6, 6.07) is 12.3. The molecule has 2 heterocycles. The summed E-state index contributed by atoms with van der Waals surface area (Å²) in [7, 11) is 0. The van der Waals surface area contributed by atoms with Crippen LogP contribution >= 0.6 is 0 Å². The maximum absolute atomic E-state index is 13.7. The minimum absolute atomic E-state index is 0.200. The molecule has 0 bridgehead atoms. The van der Waals surface area contributed by atoms with E-state index in [1.54, 1.807) is 16.6 Å². The molecule has 3 rings (SSSR count). The summed E-state index contributed by atoms with van der Waals surface area (Å²) >= 11 is 0. The van der Waals surface area contributed by atoms with Gasteiger partial charge in [-0.3, -0.25) is 0 Å². The van der Waals surface area contributed by atoms with Crippen molar-refractivity contribution < 1.29 is 4.39 Å². The van der Waals surface area contributed by atoms with Crippen molar-refractivity contribution in [1.82, 2.24) is 14.6 Å². The third kappa shape index (κ3) is 2.22. The molecule has 0 aliphatic carbocycles. The van der Waals surface area contributed by atoms with Gasteiger partial charge in [0.2, 0.25) is 5.95 Å². The van der Waals surface area contributed by atoms with Gasteiger partial charge < -0.3 is 5.32 Å². The molecule has 5 heteroatoms. The van der Waals surface area contributed by atoms with Gasteiger partial charge in [0.05, 0.1) is 6.04 Å². The van der Waals surface area contributed by atoms with E-state index >= 15 is 0 Å². The van der Waals surface area contributed by atoms with Crippen LogP contribution in [0.15, 0.2) is 42.5 Å². The summed E-state index contributed by atoms with van der Waals surface area (Å²) in [5.41, 5.74) is 2.37. The Bertz CT molecular complexity index is 750. The lowest BCUT2D eigenvalue weighted by atomic mass is 10.1. The van der Waals surface area contributed by atoms with E-state index in [4.69, 9.17) is 0 Å². The second-order valence-electron chi connectivity index (χ2n) is 4.76. The molecule has 1 aromatic carbocycles. The van der Waals surface area contributed by atoms with Gasteiger partial charge in [0.1, 0.15) is 5.82 Å². The zero-order chi connectivity index (χ0) is 14.1. The van der Waals surface area contributed by atoms with Crippen LogP contribution in [-0.4, -0.2) is 14.6 Å². The van der Waals surface area contributed by atoms with Crippen LogP contribution in [-0.2, 0) is 0 Å². The van der Waals surface area contributed by atoms with Gasteiger partial charge in [0, 0.05) is 11.3 Å². The highest BCUT2D eigenvalue weighted by Gasteiger charge is 2.12. The molecule has 3 aromatic rings. The number of halogens is 1. The zero-order valence-corrected chi connectivity index (χ0v) is 11.3. The fraction of sp³-hybridized carbons (Fsp3) is 0.200. The predicted octanol–water partition coefficient (Wildman–Crippen LogP) is 3.35. The molecule has 2 aromatic heterocycles. The Kier molecular flexibility index (Phi) is 3.10. The third-order valence-electron chi connectivity index (χ3n) is 3.27. The summed E-state index contributed by atoms with van der Waals surface area (Å²) in [5, 5.41) is 7.51. The van der Waals surface area contributed by atoms with E-state index in [0.717, 1.165) is 11.3 Å². The molecule has 4 nitrogen and oxygen atoms in total. The average molecular weight is 270 g/mol. The van der Waals surface area contributed by atoms with Crippen molar-refractivity contribution in [3.8, 4) is 0 Å². The lowest BCUT2D eigenvalue weighted by molar-refractivity contribution is 0.599. The quantitative estimate of drug-likeness (QED) is 0.793. The van der Waals surface area contributed by atoms with Gasteiger partial charge in [-0.15, -0.1) is 5.10 Å². The molecule has 0 aliphatic heterocycles. The van der Waals surface area contributed by atoms with E-state index in [2.05, 4.69) is 15.4 Å². The maximum Gasteiger partial charge on any atom is 0.243 e. The van der Waals surface area contributed by atoms with Crippen LogP contribution in [0.4, 0.5) is 10.3 Å². The number of nitrogens with zero attached hydrogens (tertiary/aromatic N) is 3. The molecule has 0 spiro atoms. The fourth-order valence-corrected chi connectivity index (χ4v) is 2.19. The van der Waals surface area contributed by atoms with Gasteiger partial charge in [-0.1, -0.05) is 24.3 Å². The van der Waals surface area contributed by atoms with E-state index in [1.165, 1.54) is 6.07 Å². The minimum atomic E-state index is -0.229. The van der Waals surface area contributed by atoms with Crippen LogP contribution in [0.25, 0.3) is 5.65 Å². The smallest absolute Gasteiger partial charge is 0.243 e. The fourth-order valence-electron chi connectivity index (χ4n) is 2.19. The number of benzene rings is 1. The first-order chi connectivity index (χ1) is 9.65. The van der Waals surface area contributed by atoms with Crippen LogP contribution < -0.4 is 5.32 Å². The standard InChI is InChI=1S/C15H15FN4/c1-10-6-5-9-14-18-15(19-20(10)14)17-11(2)12-7-3-4-8-13(12)16/h3-9,11H,1-2H3,(H,17,19). The first-order valence-electron chi connectivity index (χ1n) is 6.48. The maximum atomic E-state index is 13.7. The molecular weight excluding hydrogens is 255 g/mol. The molecule has 0 aliphatic rings. The van der Waals surface area contributed by atoms with Gasteiger partial charge in [0.15, 0.2) is 5.65 Å². The topological polar surface area (TPSA) is 42.2 Å². The Hall–Kier alpha value is -2.43. The van der Waals surface area contributed by atoms with Gasteiger partial charge in [-0.05, 0) is 32.0 Å². The molecular formula is C15H15FN4. The number of hydrogen-bond acceptors (Lipinski definition) is 3. The number of aromatic nitrogens is 3. The molecule has 0 fully saturated rings. The summed E-state index contributed by atoms with van der Waals surface area (Å²) in [6.45, 7) is 3.85. The summed E-state index contributed by atoms with van der Waals surface area (Å²) < 4.78 is 15.5. The average Bonchev–Trinajstić information content (AvgIpc) is 2.83. The number of fused-ring (bicyclic) bond motifs is 1. The number of anilines is 1. The molecule has 20 heavy (non-hydrogen) atoms. The Morgan fingerprint density at radius 1 is 1.15 bits per heavy atom. The molecule has 0 amide bonds. The summed E-state index contributed by atoms with van der Waals surface area (Å²) in [5.74, 6) is 0.266. The SMILES string of the molecule is Cc1cccc2nc(NC(C)c3ccccc3F)nn12. The van der Waals surface area contributed by atoms with Crippen LogP contribution in [0.5, 0.6) is 0 Å². The number of nitrogens with one attached hydrogen (secondary N) is 1. The first-order valence-corrected chi connectivity index (χ1v) is 6.48. The predicted molar refractivity (Wildman–Crippen MR) is 76.2 cm³/mol. The monoisotopic (exact) mass is 270 g/mol. The van der Waals surface area contributed by atoms with E-state index in [1.807, 2.05) is 38.1 Å². The van der Waals surface area contributed by atoms with Crippen molar-refractivity contribution in [2.75, 3.05) is 5.32 Å². The number of hydrogen-bond donors (Lipinski definition) is 1. The van der Waals surface area contributed by atoms with Crippen LogP contribution in [0.1, 0.15) is 24.2 Å². The molecule has 0 saturated carbocycles. The molecule has 102 valence electrons. The zero-order valence-electron chi connectivity index (χ0n) is 11.3. The first kappa shape index (κ1) is 12.6. The van der Waals surface area contributed by atoms with E-state index in [-0.39, 0.29) is 11.9 Å². The van der Waals surface area contributed by atoms with Crippen molar-refractivity contribution >= 4 is 11.6 Å². The summed E-state index contributed by atoms with van der Waals surface area (Å²) in [4.78, 5) is 4.39. The molecule has 1 atom stereocenters. The van der Waals surface area contributed by atoms with Gasteiger partial charge in [0.25, 0.3) is 0 Å². The molecule has 1 N–H and O–H groups in total. The highest BCUT2D eigenvalue weighted by molar-refractivity contribution is 5.45. The number of rotatable bonds is 3. The second kappa shape index (κ2) is 4.92. The second-order valence-corrected chi connectivity index (χ2v) is 4.76. The Labute approximate surface area is 116 Å². The highest BCUT2D eigenvalue weighted by Crippen LogP contribution is 2.20. The minimum Gasteiger partial charge on any atom is -0.346 e. The van der Waals surface area contributed by atoms with Gasteiger partial charge in [-0.25, -0.2) is 8.91 Å². The van der Waals surface area contributed by atoms with E-state index in [9.17, 15) is 4.39 Å².